The Bertz CT molecular complexity index is 725. The van der Waals surface area contributed by atoms with E-state index in [0.717, 1.165) is 0 Å². The first-order valence-corrected chi connectivity index (χ1v) is 6.75. The van der Waals surface area contributed by atoms with Gasteiger partial charge in [0, 0.05) is 16.2 Å². The van der Waals surface area contributed by atoms with Crippen LogP contribution in [0.1, 0.15) is 5.56 Å². The molecule has 0 unspecified atom stereocenters. The fourth-order valence-electron chi connectivity index (χ4n) is 1.71. The number of carbonyl (C=O) groups is 1. The summed E-state index contributed by atoms with van der Waals surface area (Å²) in [6, 6.07) is 4.34. The standard InChI is InChI=1S/C14H7BrF5NO2/c15-8-3-9(21-6-22)5-10(4-8)23-13-11(16)1-7(2-12(13)17)14(18,19)20/h1-6H,(H,21,22). The quantitative estimate of drug-likeness (QED) is 0.577. The predicted octanol–water partition coefficient (Wildman–Crippen LogP) is 5.11. The molecule has 3 nitrogen and oxygen atoms in total. The second kappa shape index (κ2) is 6.53. The smallest absolute Gasteiger partial charge is 0.416 e. The number of alkyl halides is 3. The lowest BCUT2D eigenvalue weighted by Gasteiger charge is -2.12. The molecule has 0 saturated heterocycles. The molecule has 2 rings (SSSR count). The van der Waals surface area contributed by atoms with Crippen LogP contribution in [0.2, 0.25) is 0 Å². The zero-order valence-corrected chi connectivity index (χ0v) is 12.6. The lowest BCUT2D eigenvalue weighted by atomic mass is 10.2. The number of amides is 1. The van der Waals surface area contributed by atoms with E-state index in [9.17, 15) is 26.7 Å². The second-order valence-electron chi connectivity index (χ2n) is 4.31. The molecule has 23 heavy (non-hydrogen) atoms. The van der Waals surface area contributed by atoms with Crippen molar-refractivity contribution in [1.29, 1.82) is 0 Å². The van der Waals surface area contributed by atoms with E-state index in [-0.39, 0.29) is 23.6 Å². The van der Waals surface area contributed by atoms with Crippen LogP contribution >= 0.6 is 15.9 Å². The average molecular weight is 396 g/mol. The van der Waals surface area contributed by atoms with E-state index in [2.05, 4.69) is 21.2 Å². The van der Waals surface area contributed by atoms with Gasteiger partial charge in [-0.05, 0) is 24.3 Å². The van der Waals surface area contributed by atoms with Gasteiger partial charge in [-0.15, -0.1) is 0 Å². The maximum absolute atomic E-state index is 13.7. The first-order valence-electron chi connectivity index (χ1n) is 5.95. The van der Waals surface area contributed by atoms with Crippen LogP contribution in [0.5, 0.6) is 11.5 Å². The van der Waals surface area contributed by atoms with Crippen molar-refractivity contribution in [3.8, 4) is 11.5 Å². The van der Waals surface area contributed by atoms with E-state index in [0.29, 0.717) is 10.9 Å². The second-order valence-corrected chi connectivity index (χ2v) is 5.22. The van der Waals surface area contributed by atoms with Crippen molar-refractivity contribution >= 4 is 28.0 Å². The first kappa shape index (κ1) is 17.2. The molecule has 0 aromatic heterocycles. The molecule has 0 atom stereocenters. The molecule has 0 aliphatic heterocycles. The van der Waals surface area contributed by atoms with Gasteiger partial charge in [0.1, 0.15) is 5.75 Å². The summed E-state index contributed by atoms with van der Waals surface area (Å²) >= 11 is 3.10. The number of halogens is 6. The molecule has 0 heterocycles. The maximum Gasteiger partial charge on any atom is 0.416 e. The molecule has 1 amide bonds. The highest BCUT2D eigenvalue weighted by Gasteiger charge is 2.33. The van der Waals surface area contributed by atoms with Crippen molar-refractivity contribution in [3.63, 3.8) is 0 Å². The molecule has 2 aromatic rings. The van der Waals surface area contributed by atoms with Crippen LogP contribution in [0.3, 0.4) is 0 Å². The zero-order valence-electron chi connectivity index (χ0n) is 11.0. The minimum absolute atomic E-state index is 0.0821. The molecular formula is C14H7BrF5NO2. The SMILES string of the molecule is O=CNc1cc(Br)cc(Oc2c(F)cc(C(F)(F)F)cc2F)c1. The van der Waals surface area contributed by atoms with Gasteiger partial charge in [0.2, 0.25) is 6.41 Å². The van der Waals surface area contributed by atoms with E-state index < -0.39 is 29.1 Å². The Morgan fingerprint density at radius 3 is 2.17 bits per heavy atom. The van der Waals surface area contributed by atoms with Gasteiger partial charge in [-0.1, -0.05) is 15.9 Å². The van der Waals surface area contributed by atoms with E-state index in [1.54, 1.807) is 0 Å². The van der Waals surface area contributed by atoms with Crippen molar-refractivity contribution in [2.24, 2.45) is 0 Å². The number of rotatable bonds is 4. The van der Waals surface area contributed by atoms with Crippen LogP contribution in [0.25, 0.3) is 0 Å². The third-order valence-electron chi connectivity index (χ3n) is 2.64. The molecule has 2 aromatic carbocycles. The summed E-state index contributed by atoms with van der Waals surface area (Å²) in [6.07, 6.45) is -4.50. The van der Waals surface area contributed by atoms with Crippen molar-refractivity contribution < 1.29 is 31.5 Å². The molecule has 122 valence electrons. The van der Waals surface area contributed by atoms with Crippen LogP contribution in [0.15, 0.2) is 34.8 Å². The van der Waals surface area contributed by atoms with Gasteiger partial charge in [-0.25, -0.2) is 8.78 Å². The molecule has 0 radical (unpaired) electrons. The minimum atomic E-state index is -4.88. The third kappa shape index (κ3) is 4.19. The summed E-state index contributed by atoms with van der Waals surface area (Å²) in [6.45, 7) is 0. The van der Waals surface area contributed by atoms with Crippen LogP contribution in [-0.4, -0.2) is 6.41 Å². The summed E-state index contributed by atoms with van der Waals surface area (Å²) in [4.78, 5) is 10.4. The molecule has 0 aliphatic carbocycles. The Labute approximate surface area is 135 Å². The van der Waals surface area contributed by atoms with Gasteiger partial charge in [0.25, 0.3) is 0 Å². The summed E-state index contributed by atoms with van der Waals surface area (Å²) < 4.78 is 70.3. The zero-order chi connectivity index (χ0) is 17.2. The molecule has 0 bridgehead atoms. The van der Waals surface area contributed by atoms with Crippen LogP contribution in [0, 0.1) is 11.6 Å². The van der Waals surface area contributed by atoms with E-state index in [4.69, 9.17) is 4.74 Å². The number of ether oxygens (including phenoxy) is 1. The largest absolute Gasteiger partial charge is 0.451 e. The summed E-state index contributed by atoms with van der Waals surface area (Å²) in [5.41, 5.74) is -1.20. The Hall–Kier alpha value is -2.16. The average Bonchev–Trinajstić information content (AvgIpc) is 2.41. The van der Waals surface area contributed by atoms with Gasteiger partial charge in [0.05, 0.1) is 5.56 Å². The van der Waals surface area contributed by atoms with E-state index in [1.165, 1.54) is 18.2 Å². The first-order chi connectivity index (χ1) is 10.7. The predicted molar refractivity (Wildman–Crippen MR) is 75.3 cm³/mol. The van der Waals surface area contributed by atoms with Gasteiger partial charge in [0.15, 0.2) is 17.4 Å². The normalized spacial score (nSPS) is 11.2. The Morgan fingerprint density at radius 2 is 1.65 bits per heavy atom. The highest BCUT2D eigenvalue weighted by atomic mass is 79.9. The maximum atomic E-state index is 13.7. The topological polar surface area (TPSA) is 38.3 Å². The van der Waals surface area contributed by atoms with E-state index in [1.807, 2.05) is 0 Å². The monoisotopic (exact) mass is 395 g/mol. The minimum Gasteiger partial charge on any atom is -0.451 e. The Balaban J connectivity index is 2.39. The molecule has 0 aliphatic rings. The number of nitrogens with one attached hydrogen (secondary N) is 1. The van der Waals surface area contributed by atoms with Gasteiger partial charge in [-0.3, -0.25) is 4.79 Å². The van der Waals surface area contributed by atoms with Crippen LogP contribution < -0.4 is 10.1 Å². The summed E-state index contributed by atoms with van der Waals surface area (Å²) in [5.74, 6) is -4.06. The summed E-state index contributed by atoms with van der Waals surface area (Å²) in [5, 5.41) is 2.31. The molecule has 1 N–H and O–H groups in total. The lowest BCUT2D eigenvalue weighted by Crippen LogP contribution is -2.07. The lowest BCUT2D eigenvalue weighted by molar-refractivity contribution is -0.138. The molecular weight excluding hydrogens is 389 g/mol. The number of hydrogen-bond donors (Lipinski definition) is 1. The number of benzene rings is 2. The van der Waals surface area contributed by atoms with E-state index >= 15 is 0 Å². The Kier molecular flexibility index (Phi) is 4.88. The number of carbonyl (C=O) groups excluding carboxylic acids is 1. The van der Waals surface area contributed by atoms with Gasteiger partial charge in [-0.2, -0.15) is 13.2 Å². The van der Waals surface area contributed by atoms with Crippen LogP contribution in [0.4, 0.5) is 27.6 Å². The number of anilines is 1. The molecule has 0 saturated carbocycles. The van der Waals surface area contributed by atoms with Gasteiger partial charge >= 0.3 is 6.18 Å². The summed E-state index contributed by atoms with van der Waals surface area (Å²) in [7, 11) is 0. The third-order valence-corrected chi connectivity index (χ3v) is 3.10. The van der Waals surface area contributed by atoms with Crippen LogP contribution in [-0.2, 0) is 11.0 Å². The Morgan fingerprint density at radius 1 is 1.04 bits per heavy atom. The number of hydrogen-bond acceptors (Lipinski definition) is 2. The van der Waals surface area contributed by atoms with Crippen molar-refractivity contribution in [2.45, 2.75) is 6.18 Å². The fourth-order valence-corrected chi connectivity index (χ4v) is 2.18. The highest BCUT2D eigenvalue weighted by molar-refractivity contribution is 9.10. The highest BCUT2D eigenvalue weighted by Crippen LogP contribution is 2.36. The van der Waals surface area contributed by atoms with Crippen molar-refractivity contribution in [2.75, 3.05) is 5.32 Å². The fraction of sp³-hybridized carbons (Fsp3) is 0.0714. The molecule has 0 spiro atoms. The molecule has 0 fully saturated rings. The van der Waals surface area contributed by atoms with Crippen molar-refractivity contribution in [3.05, 3.63) is 52.0 Å². The van der Waals surface area contributed by atoms with Crippen molar-refractivity contribution in [1.82, 2.24) is 0 Å². The van der Waals surface area contributed by atoms with Gasteiger partial charge < -0.3 is 10.1 Å². The molecule has 9 heteroatoms.